The van der Waals surface area contributed by atoms with E-state index in [1.165, 1.54) is 22.2 Å². The van der Waals surface area contributed by atoms with E-state index < -0.39 is 0 Å². The lowest BCUT2D eigenvalue weighted by molar-refractivity contribution is -0.136. The molecule has 2 aromatic rings. The maximum absolute atomic E-state index is 13.1. The standard InChI is InChI=1S/C22H25NO3S/c1-4-5-6-11-23-21(24)19(17-10-9-15(2)16(3)13-17)20(22(23)25)27-14-18-8-7-12-26-18/h7-10,12-13H,4-6,11,14H2,1-3H3. The highest BCUT2D eigenvalue weighted by Crippen LogP contribution is 2.38. The van der Waals surface area contributed by atoms with Crippen LogP contribution in [0.5, 0.6) is 0 Å². The van der Waals surface area contributed by atoms with Crippen LogP contribution < -0.4 is 0 Å². The van der Waals surface area contributed by atoms with Gasteiger partial charge in [0.2, 0.25) is 0 Å². The average Bonchev–Trinajstić information content (AvgIpc) is 3.24. The zero-order chi connectivity index (χ0) is 19.4. The van der Waals surface area contributed by atoms with Gasteiger partial charge < -0.3 is 4.42 Å². The molecule has 1 aromatic heterocycles. The number of thioether (sulfide) groups is 1. The van der Waals surface area contributed by atoms with Gasteiger partial charge in [0.05, 0.1) is 22.5 Å². The number of carbonyl (C=O) groups is 2. The largest absolute Gasteiger partial charge is 0.468 e. The minimum absolute atomic E-state index is 0.179. The predicted octanol–water partition coefficient (Wildman–Crippen LogP) is 5.10. The monoisotopic (exact) mass is 383 g/mol. The molecule has 0 saturated carbocycles. The topological polar surface area (TPSA) is 50.5 Å². The summed E-state index contributed by atoms with van der Waals surface area (Å²) in [4.78, 5) is 28.0. The Morgan fingerprint density at radius 1 is 1.04 bits per heavy atom. The molecule has 142 valence electrons. The molecule has 0 aliphatic carbocycles. The molecule has 3 rings (SSSR count). The van der Waals surface area contributed by atoms with Crippen molar-refractivity contribution in [2.45, 2.75) is 45.8 Å². The number of unbranched alkanes of at least 4 members (excludes halogenated alkanes) is 2. The molecule has 1 aliphatic heterocycles. The first-order chi connectivity index (χ1) is 13.0. The second-order valence-electron chi connectivity index (χ2n) is 6.84. The first kappa shape index (κ1) is 19.5. The number of carbonyl (C=O) groups excluding carboxylic acids is 2. The number of aryl methyl sites for hydroxylation is 2. The molecule has 1 aliphatic rings. The average molecular weight is 384 g/mol. The summed E-state index contributed by atoms with van der Waals surface area (Å²) in [7, 11) is 0. The fraction of sp³-hybridized carbons (Fsp3) is 0.364. The van der Waals surface area contributed by atoms with Crippen molar-refractivity contribution in [2.75, 3.05) is 6.54 Å². The lowest BCUT2D eigenvalue weighted by atomic mass is 10.0. The summed E-state index contributed by atoms with van der Waals surface area (Å²) in [5.41, 5.74) is 3.62. The van der Waals surface area contributed by atoms with Crippen molar-refractivity contribution >= 4 is 29.1 Å². The Bertz CT molecular complexity index is 868. The molecule has 27 heavy (non-hydrogen) atoms. The molecule has 0 unspecified atom stereocenters. The minimum atomic E-state index is -0.180. The summed E-state index contributed by atoms with van der Waals surface area (Å²) in [6, 6.07) is 9.64. The third kappa shape index (κ3) is 4.19. The van der Waals surface area contributed by atoms with Gasteiger partial charge in [-0.25, -0.2) is 0 Å². The Labute approximate surface area is 164 Å². The van der Waals surface area contributed by atoms with Gasteiger partial charge in [0, 0.05) is 6.54 Å². The van der Waals surface area contributed by atoms with Gasteiger partial charge in [-0.15, -0.1) is 11.8 Å². The molecular formula is C22H25NO3S. The summed E-state index contributed by atoms with van der Waals surface area (Å²) in [5, 5.41) is 0. The lowest BCUT2D eigenvalue weighted by Crippen LogP contribution is -2.32. The zero-order valence-corrected chi connectivity index (χ0v) is 16.9. The van der Waals surface area contributed by atoms with Gasteiger partial charge in [-0.05, 0) is 49.1 Å². The van der Waals surface area contributed by atoms with Crippen LogP contribution in [0.4, 0.5) is 0 Å². The Morgan fingerprint density at radius 3 is 2.52 bits per heavy atom. The molecule has 0 spiro atoms. The number of furan rings is 1. The molecule has 2 heterocycles. The number of benzene rings is 1. The SMILES string of the molecule is CCCCCN1C(=O)C(SCc2ccco2)=C(c2ccc(C)c(C)c2)C1=O. The summed E-state index contributed by atoms with van der Waals surface area (Å²) in [5.74, 6) is 0.956. The number of rotatable bonds is 8. The molecule has 0 fully saturated rings. The molecule has 0 bridgehead atoms. The molecule has 0 radical (unpaired) electrons. The summed E-state index contributed by atoms with van der Waals surface area (Å²) < 4.78 is 5.38. The molecule has 4 nitrogen and oxygen atoms in total. The fourth-order valence-electron chi connectivity index (χ4n) is 3.10. The van der Waals surface area contributed by atoms with Crippen molar-refractivity contribution in [3.05, 3.63) is 64.0 Å². The van der Waals surface area contributed by atoms with Crippen molar-refractivity contribution in [3.63, 3.8) is 0 Å². The van der Waals surface area contributed by atoms with Crippen molar-refractivity contribution in [1.29, 1.82) is 0 Å². The van der Waals surface area contributed by atoms with Crippen LogP contribution in [-0.2, 0) is 15.3 Å². The first-order valence-corrected chi connectivity index (χ1v) is 10.3. The van der Waals surface area contributed by atoms with E-state index in [2.05, 4.69) is 6.92 Å². The van der Waals surface area contributed by atoms with E-state index in [0.29, 0.717) is 22.8 Å². The van der Waals surface area contributed by atoms with E-state index in [0.717, 1.165) is 36.1 Å². The van der Waals surface area contributed by atoms with E-state index in [1.54, 1.807) is 6.26 Å². The maximum Gasteiger partial charge on any atom is 0.267 e. The van der Waals surface area contributed by atoms with Crippen LogP contribution in [-0.4, -0.2) is 23.3 Å². The third-order valence-corrected chi connectivity index (χ3v) is 5.94. The Morgan fingerprint density at radius 2 is 1.85 bits per heavy atom. The van der Waals surface area contributed by atoms with Crippen LogP contribution in [0.1, 0.15) is 48.6 Å². The number of hydrogen-bond acceptors (Lipinski definition) is 4. The lowest BCUT2D eigenvalue weighted by Gasteiger charge is -2.14. The van der Waals surface area contributed by atoms with Crippen molar-refractivity contribution in [2.24, 2.45) is 0 Å². The van der Waals surface area contributed by atoms with Crippen LogP contribution >= 0.6 is 11.8 Å². The summed E-state index contributed by atoms with van der Waals surface area (Å²) in [6.07, 6.45) is 4.51. The fourth-order valence-corrected chi connectivity index (χ4v) is 4.13. The van der Waals surface area contributed by atoms with Gasteiger partial charge >= 0.3 is 0 Å². The number of imide groups is 1. The van der Waals surface area contributed by atoms with E-state index in [-0.39, 0.29) is 11.8 Å². The molecule has 0 N–H and O–H groups in total. The second kappa shape index (κ2) is 8.61. The first-order valence-electron chi connectivity index (χ1n) is 9.36. The number of amides is 2. The van der Waals surface area contributed by atoms with E-state index in [1.807, 2.05) is 44.2 Å². The number of nitrogens with zero attached hydrogens (tertiary/aromatic N) is 1. The Hall–Kier alpha value is -2.27. The highest BCUT2D eigenvalue weighted by atomic mass is 32.2. The van der Waals surface area contributed by atoms with Gasteiger partial charge in [0.1, 0.15) is 5.76 Å². The molecule has 0 atom stereocenters. The van der Waals surface area contributed by atoms with Crippen LogP contribution in [0.2, 0.25) is 0 Å². The molecule has 0 saturated heterocycles. The summed E-state index contributed by atoms with van der Waals surface area (Å²) >= 11 is 1.38. The van der Waals surface area contributed by atoms with Gasteiger partial charge in [0.15, 0.2) is 0 Å². The molecule has 1 aromatic carbocycles. The molecule has 2 amide bonds. The van der Waals surface area contributed by atoms with Crippen LogP contribution in [0.15, 0.2) is 45.9 Å². The quantitative estimate of drug-likeness (QED) is 0.470. The van der Waals surface area contributed by atoms with Crippen molar-refractivity contribution in [3.8, 4) is 0 Å². The number of hydrogen-bond donors (Lipinski definition) is 0. The third-order valence-electron chi connectivity index (χ3n) is 4.85. The van der Waals surface area contributed by atoms with Crippen LogP contribution in [0.25, 0.3) is 5.57 Å². The highest BCUT2D eigenvalue weighted by Gasteiger charge is 2.38. The van der Waals surface area contributed by atoms with Crippen LogP contribution in [0.3, 0.4) is 0 Å². The zero-order valence-electron chi connectivity index (χ0n) is 16.1. The Balaban J connectivity index is 1.93. The Kier molecular flexibility index (Phi) is 6.22. The van der Waals surface area contributed by atoms with Crippen molar-refractivity contribution < 1.29 is 14.0 Å². The van der Waals surface area contributed by atoms with Gasteiger partial charge in [-0.2, -0.15) is 0 Å². The van der Waals surface area contributed by atoms with Crippen LogP contribution in [0, 0.1) is 13.8 Å². The van der Waals surface area contributed by atoms with Gasteiger partial charge in [0.25, 0.3) is 11.8 Å². The highest BCUT2D eigenvalue weighted by molar-refractivity contribution is 8.03. The van der Waals surface area contributed by atoms with E-state index in [4.69, 9.17) is 4.42 Å². The van der Waals surface area contributed by atoms with E-state index in [9.17, 15) is 9.59 Å². The minimum Gasteiger partial charge on any atom is -0.468 e. The summed E-state index contributed by atoms with van der Waals surface area (Å²) in [6.45, 7) is 6.65. The van der Waals surface area contributed by atoms with Gasteiger partial charge in [-0.1, -0.05) is 38.0 Å². The normalized spacial score (nSPS) is 14.6. The van der Waals surface area contributed by atoms with Gasteiger partial charge in [-0.3, -0.25) is 14.5 Å². The van der Waals surface area contributed by atoms with Crippen molar-refractivity contribution in [1.82, 2.24) is 4.90 Å². The molecule has 5 heteroatoms. The predicted molar refractivity (Wildman–Crippen MR) is 109 cm³/mol. The van der Waals surface area contributed by atoms with E-state index >= 15 is 0 Å². The maximum atomic E-state index is 13.1. The second-order valence-corrected chi connectivity index (χ2v) is 7.83. The smallest absolute Gasteiger partial charge is 0.267 e. The molecular weight excluding hydrogens is 358 g/mol.